The van der Waals surface area contributed by atoms with Crippen LogP contribution in [0.2, 0.25) is 5.02 Å². The first-order chi connectivity index (χ1) is 17.7. The summed E-state index contributed by atoms with van der Waals surface area (Å²) in [6.07, 6.45) is 1.91. The van der Waals surface area contributed by atoms with Gasteiger partial charge in [0.1, 0.15) is 17.3 Å². The minimum atomic E-state index is -2.93. The second-order valence-electron chi connectivity index (χ2n) is 8.73. The van der Waals surface area contributed by atoms with Gasteiger partial charge in [-0.15, -0.1) is 0 Å². The predicted molar refractivity (Wildman–Crippen MR) is 139 cm³/mol. The van der Waals surface area contributed by atoms with Gasteiger partial charge in [0.15, 0.2) is 11.9 Å². The Kier molecular flexibility index (Phi) is 8.46. The minimum Gasteiger partial charge on any atom is -0.493 e. The zero-order chi connectivity index (χ0) is 26.6. The fraction of sp³-hybridized carbons (Fsp3) is 0.400. The Bertz CT molecular complexity index is 1210. The second kappa shape index (κ2) is 11.6. The van der Waals surface area contributed by atoms with Crippen molar-refractivity contribution < 1.29 is 27.8 Å². The molecule has 0 aliphatic carbocycles. The number of pyridine rings is 1. The smallest absolute Gasteiger partial charge is 0.279 e. The summed E-state index contributed by atoms with van der Waals surface area (Å²) in [6, 6.07) is 6.76. The third kappa shape index (κ3) is 6.28. The van der Waals surface area contributed by atoms with Crippen LogP contribution in [0.4, 0.5) is 14.5 Å². The van der Waals surface area contributed by atoms with Gasteiger partial charge in [-0.1, -0.05) is 29.9 Å². The summed E-state index contributed by atoms with van der Waals surface area (Å²) in [5.41, 5.74) is 2.11. The Morgan fingerprint density at radius 2 is 2.19 bits per heavy atom. The number of methoxy groups -OCH3 is 1. The molecule has 1 fully saturated rings. The molecule has 3 N–H and O–H groups in total. The first-order valence-electron chi connectivity index (χ1n) is 11.7. The van der Waals surface area contributed by atoms with E-state index in [-0.39, 0.29) is 48.7 Å². The van der Waals surface area contributed by atoms with Crippen molar-refractivity contribution in [1.82, 2.24) is 15.6 Å². The Balaban J connectivity index is 1.52. The van der Waals surface area contributed by atoms with Crippen LogP contribution in [0.5, 0.6) is 11.5 Å². The molecule has 1 saturated heterocycles. The van der Waals surface area contributed by atoms with E-state index in [0.717, 1.165) is 0 Å². The van der Waals surface area contributed by atoms with Gasteiger partial charge in [-0.3, -0.25) is 9.78 Å². The van der Waals surface area contributed by atoms with Crippen LogP contribution >= 0.6 is 23.8 Å². The molecule has 12 heteroatoms. The van der Waals surface area contributed by atoms with Gasteiger partial charge >= 0.3 is 0 Å². The first-order valence-corrected chi connectivity index (χ1v) is 12.4. The molecule has 2 aromatic rings. The second-order valence-corrected chi connectivity index (χ2v) is 9.54. The van der Waals surface area contributed by atoms with Crippen molar-refractivity contribution in [3.63, 3.8) is 0 Å². The number of nitrogens with one attached hydrogen (secondary N) is 3. The Hall–Kier alpha value is -3.02. The summed E-state index contributed by atoms with van der Waals surface area (Å²) < 4.78 is 44.0. The van der Waals surface area contributed by atoms with Crippen molar-refractivity contribution >= 4 is 40.4 Å². The molecule has 37 heavy (non-hydrogen) atoms. The van der Waals surface area contributed by atoms with Gasteiger partial charge in [0.2, 0.25) is 0 Å². The number of anilines is 1. The number of hydrogen-bond acceptors (Lipinski definition) is 7. The molecule has 2 aliphatic rings. The first kappa shape index (κ1) is 27.0. The highest BCUT2D eigenvalue weighted by Gasteiger charge is 2.45. The molecule has 198 valence electrons. The van der Waals surface area contributed by atoms with E-state index in [1.807, 2.05) is 6.92 Å². The van der Waals surface area contributed by atoms with Crippen LogP contribution in [0.3, 0.4) is 0 Å². The van der Waals surface area contributed by atoms with Gasteiger partial charge in [0, 0.05) is 42.9 Å². The average Bonchev–Trinajstić information content (AvgIpc) is 3.19. The summed E-state index contributed by atoms with van der Waals surface area (Å²) in [5.74, 6) is -2.50. The average molecular weight is 553 g/mol. The van der Waals surface area contributed by atoms with Gasteiger partial charge in [-0.25, -0.2) is 8.78 Å². The van der Waals surface area contributed by atoms with E-state index in [0.29, 0.717) is 39.9 Å². The number of aromatic nitrogens is 1. The third-order valence-corrected chi connectivity index (χ3v) is 6.64. The van der Waals surface area contributed by atoms with E-state index in [9.17, 15) is 13.6 Å². The third-order valence-electron chi connectivity index (χ3n) is 6.04. The number of para-hydroxylation sites is 1. The van der Waals surface area contributed by atoms with Crippen molar-refractivity contribution in [3.8, 4) is 11.5 Å². The van der Waals surface area contributed by atoms with Crippen LogP contribution in [0.15, 0.2) is 47.9 Å². The zero-order valence-electron chi connectivity index (χ0n) is 20.3. The normalized spacial score (nSPS) is 20.8. The molecule has 1 aromatic carbocycles. The number of amides is 1. The number of nitrogens with zero attached hydrogens (tertiary/aromatic N) is 1. The molecule has 4 rings (SSSR count). The van der Waals surface area contributed by atoms with Crippen molar-refractivity contribution in [3.05, 3.63) is 58.5 Å². The molecule has 1 amide bonds. The molecule has 0 saturated carbocycles. The van der Waals surface area contributed by atoms with E-state index in [1.165, 1.54) is 13.3 Å². The molecule has 0 radical (unpaired) electrons. The number of alkyl halides is 2. The fourth-order valence-electron chi connectivity index (χ4n) is 4.13. The van der Waals surface area contributed by atoms with Crippen LogP contribution < -0.4 is 25.4 Å². The Labute approximate surface area is 223 Å². The van der Waals surface area contributed by atoms with E-state index < -0.39 is 12.0 Å². The van der Waals surface area contributed by atoms with E-state index in [2.05, 4.69) is 20.9 Å². The van der Waals surface area contributed by atoms with Crippen LogP contribution in [-0.4, -0.2) is 54.3 Å². The minimum absolute atomic E-state index is 0.00529. The van der Waals surface area contributed by atoms with E-state index >= 15 is 0 Å². The lowest BCUT2D eigenvalue weighted by atomic mass is 10.0. The highest BCUT2D eigenvalue weighted by Crippen LogP contribution is 2.34. The molecule has 2 atom stereocenters. The van der Waals surface area contributed by atoms with Gasteiger partial charge in [0.25, 0.3) is 11.8 Å². The Morgan fingerprint density at radius 3 is 2.92 bits per heavy atom. The maximum atomic E-state index is 13.9. The molecule has 2 aliphatic heterocycles. The number of halogens is 3. The maximum Gasteiger partial charge on any atom is 0.279 e. The molecule has 3 heterocycles. The lowest BCUT2D eigenvalue weighted by Crippen LogP contribution is -2.44. The van der Waals surface area contributed by atoms with Crippen LogP contribution in [0.25, 0.3) is 0 Å². The summed E-state index contributed by atoms with van der Waals surface area (Å²) in [5, 5.41) is 9.64. The number of carbonyl (C=O) groups excluding carboxylic acids is 1. The maximum absolute atomic E-state index is 13.9. The molecule has 0 spiro atoms. The SMILES string of the molecule is COc1c(Cl)cccc1NC(=S)C1=C(NCc2ccncc2OCC2OCCC2(F)F)CC(C)NC1=O. The van der Waals surface area contributed by atoms with E-state index in [4.69, 9.17) is 38.0 Å². The number of carbonyl (C=O) groups is 1. The highest BCUT2D eigenvalue weighted by molar-refractivity contribution is 7.81. The Morgan fingerprint density at radius 1 is 1.38 bits per heavy atom. The van der Waals surface area contributed by atoms with Crippen LogP contribution in [0, 0.1) is 0 Å². The van der Waals surface area contributed by atoms with Gasteiger partial charge in [-0.05, 0) is 25.1 Å². The van der Waals surface area contributed by atoms with E-state index in [1.54, 1.807) is 30.5 Å². The van der Waals surface area contributed by atoms with Crippen LogP contribution in [0.1, 0.15) is 25.3 Å². The lowest BCUT2D eigenvalue weighted by Gasteiger charge is -2.27. The molecular weight excluding hydrogens is 526 g/mol. The molecule has 2 unspecified atom stereocenters. The molecule has 1 aromatic heterocycles. The van der Waals surface area contributed by atoms with Crippen molar-refractivity contribution in [2.75, 3.05) is 25.6 Å². The largest absolute Gasteiger partial charge is 0.493 e. The lowest BCUT2D eigenvalue weighted by molar-refractivity contribution is -0.118. The summed E-state index contributed by atoms with van der Waals surface area (Å²) in [4.78, 5) is 17.2. The fourth-order valence-corrected chi connectivity index (χ4v) is 4.71. The number of hydrogen-bond donors (Lipinski definition) is 3. The molecular formula is C25H27ClF2N4O4S. The summed E-state index contributed by atoms with van der Waals surface area (Å²) in [7, 11) is 1.49. The van der Waals surface area contributed by atoms with Gasteiger partial charge in [0.05, 0.1) is 36.2 Å². The van der Waals surface area contributed by atoms with Gasteiger partial charge in [-0.2, -0.15) is 0 Å². The van der Waals surface area contributed by atoms with Crippen molar-refractivity contribution in [2.45, 2.75) is 44.4 Å². The monoisotopic (exact) mass is 552 g/mol. The highest BCUT2D eigenvalue weighted by atomic mass is 35.5. The van der Waals surface area contributed by atoms with Crippen LogP contribution in [-0.2, 0) is 16.1 Å². The van der Waals surface area contributed by atoms with Crippen molar-refractivity contribution in [1.29, 1.82) is 0 Å². The number of thiocarbonyl (C=S) groups is 1. The summed E-state index contributed by atoms with van der Waals surface area (Å²) >= 11 is 11.8. The predicted octanol–water partition coefficient (Wildman–Crippen LogP) is 4.24. The zero-order valence-corrected chi connectivity index (χ0v) is 21.8. The number of benzene rings is 1. The topological polar surface area (TPSA) is 93.7 Å². The number of rotatable bonds is 9. The number of ether oxygens (including phenoxy) is 3. The summed E-state index contributed by atoms with van der Waals surface area (Å²) in [6.45, 7) is 1.83. The van der Waals surface area contributed by atoms with Crippen molar-refractivity contribution in [2.24, 2.45) is 0 Å². The standard InChI is InChI=1S/C25H27ClF2N4O4S/c1-14-10-18(21(23(33)31-14)24(37)32-17-5-3-4-16(26)22(17)34-2)30-11-15-6-8-29-12-19(15)36-13-20-25(27,28)7-9-35-20/h3-6,8,12,14,20,30H,7,9-11,13H2,1-2H3,(H,31,33)(H,32,37). The molecule has 8 nitrogen and oxygen atoms in total. The quantitative estimate of drug-likeness (QED) is 0.398. The van der Waals surface area contributed by atoms with Gasteiger partial charge < -0.3 is 30.2 Å². The molecule has 0 bridgehead atoms.